The molecule has 23 heavy (non-hydrogen) atoms. The van der Waals surface area contributed by atoms with E-state index < -0.39 is 11.7 Å². The first-order chi connectivity index (χ1) is 10.9. The van der Waals surface area contributed by atoms with Gasteiger partial charge in [-0.2, -0.15) is 13.2 Å². The van der Waals surface area contributed by atoms with E-state index in [2.05, 4.69) is 9.97 Å². The van der Waals surface area contributed by atoms with Gasteiger partial charge >= 0.3 is 6.18 Å². The molecule has 0 aliphatic heterocycles. The summed E-state index contributed by atoms with van der Waals surface area (Å²) in [6.45, 7) is 1.57. The lowest BCUT2D eigenvalue weighted by Gasteiger charge is -2.14. The van der Waals surface area contributed by atoms with Crippen LogP contribution < -0.4 is 4.74 Å². The van der Waals surface area contributed by atoms with Crippen LogP contribution in [0.15, 0.2) is 42.5 Å². The Balaban J connectivity index is 2.39. The normalized spacial score (nSPS) is 11.7. The molecule has 1 heterocycles. The van der Waals surface area contributed by atoms with Gasteiger partial charge in [-0.05, 0) is 25.1 Å². The molecule has 0 N–H and O–H groups in total. The van der Waals surface area contributed by atoms with E-state index in [4.69, 9.17) is 4.74 Å². The average molecular weight is 318 g/mol. The summed E-state index contributed by atoms with van der Waals surface area (Å²) in [7, 11) is 1.51. The van der Waals surface area contributed by atoms with E-state index >= 15 is 0 Å². The third-order valence-electron chi connectivity index (χ3n) is 3.51. The van der Waals surface area contributed by atoms with Crippen molar-refractivity contribution in [3.05, 3.63) is 53.9 Å². The number of hydrogen-bond donors (Lipinski definition) is 0. The van der Waals surface area contributed by atoms with Crippen molar-refractivity contribution in [3.63, 3.8) is 0 Å². The lowest BCUT2D eigenvalue weighted by molar-refractivity contribution is -0.136. The van der Waals surface area contributed by atoms with E-state index in [9.17, 15) is 13.2 Å². The molecule has 0 saturated heterocycles. The summed E-state index contributed by atoms with van der Waals surface area (Å²) in [5, 5.41) is 0.343. The molecule has 3 rings (SSSR count). The molecule has 0 bridgehead atoms. The Hall–Kier alpha value is -2.63. The van der Waals surface area contributed by atoms with Crippen LogP contribution in [0.2, 0.25) is 0 Å². The first kappa shape index (κ1) is 15.3. The Morgan fingerprint density at radius 2 is 1.70 bits per heavy atom. The van der Waals surface area contributed by atoms with Gasteiger partial charge in [0.1, 0.15) is 11.6 Å². The Labute approximate surface area is 130 Å². The van der Waals surface area contributed by atoms with Gasteiger partial charge in [-0.1, -0.05) is 24.3 Å². The summed E-state index contributed by atoms with van der Waals surface area (Å²) in [6.07, 6.45) is -4.47. The molecule has 0 radical (unpaired) electrons. The summed E-state index contributed by atoms with van der Waals surface area (Å²) >= 11 is 0. The highest BCUT2D eigenvalue weighted by Gasteiger charge is 2.33. The van der Waals surface area contributed by atoms with Crippen molar-refractivity contribution < 1.29 is 17.9 Å². The molecular weight excluding hydrogens is 305 g/mol. The number of nitrogens with zero attached hydrogens (tertiary/aromatic N) is 2. The van der Waals surface area contributed by atoms with E-state index in [0.717, 1.165) is 6.07 Å². The summed E-state index contributed by atoms with van der Waals surface area (Å²) in [6, 6.07) is 11.1. The third-order valence-corrected chi connectivity index (χ3v) is 3.51. The molecule has 2 aromatic carbocycles. The first-order valence-electron chi connectivity index (χ1n) is 6.90. The van der Waals surface area contributed by atoms with Crippen molar-refractivity contribution in [3.8, 4) is 17.0 Å². The lowest BCUT2D eigenvalue weighted by Crippen LogP contribution is -2.08. The Kier molecular flexibility index (Phi) is 3.67. The Morgan fingerprint density at radius 1 is 0.957 bits per heavy atom. The summed E-state index contributed by atoms with van der Waals surface area (Å²) < 4.78 is 45.0. The minimum Gasteiger partial charge on any atom is -0.496 e. The number of methoxy groups -OCH3 is 1. The molecule has 0 fully saturated rings. The number of halogens is 3. The van der Waals surface area contributed by atoms with Gasteiger partial charge < -0.3 is 4.74 Å². The zero-order chi connectivity index (χ0) is 16.6. The number of para-hydroxylation sites is 2. The van der Waals surface area contributed by atoms with Crippen molar-refractivity contribution in [2.45, 2.75) is 13.1 Å². The van der Waals surface area contributed by atoms with Gasteiger partial charge in [-0.3, -0.25) is 0 Å². The molecule has 1 aromatic heterocycles. The van der Waals surface area contributed by atoms with E-state index in [0.29, 0.717) is 22.4 Å². The Morgan fingerprint density at radius 3 is 2.39 bits per heavy atom. The highest BCUT2D eigenvalue weighted by Crippen LogP contribution is 2.38. The first-order valence-corrected chi connectivity index (χ1v) is 6.90. The fourth-order valence-electron chi connectivity index (χ4n) is 2.54. The second kappa shape index (κ2) is 5.53. The van der Waals surface area contributed by atoms with Crippen LogP contribution in [-0.2, 0) is 6.18 Å². The molecule has 0 atom stereocenters. The quantitative estimate of drug-likeness (QED) is 0.691. The van der Waals surface area contributed by atoms with Crippen LogP contribution in [0.25, 0.3) is 22.2 Å². The van der Waals surface area contributed by atoms with Crippen molar-refractivity contribution in [1.82, 2.24) is 9.97 Å². The SMILES string of the molecule is COc1ccccc1-c1nc(C)nc2c(C(F)(F)F)cccc12. The van der Waals surface area contributed by atoms with E-state index in [1.165, 1.54) is 13.2 Å². The van der Waals surface area contributed by atoms with Gasteiger partial charge in [-0.25, -0.2) is 9.97 Å². The van der Waals surface area contributed by atoms with Crippen LogP contribution in [0.5, 0.6) is 5.75 Å². The Bertz CT molecular complexity index is 875. The van der Waals surface area contributed by atoms with Crippen LogP contribution >= 0.6 is 0 Å². The van der Waals surface area contributed by atoms with Crippen LogP contribution in [0.1, 0.15) is 11.4 Å². The van der Waals surface area contributed by atoms with Crippen molar-refractivity contribution in [2.75, 3.05) is 7.11 Å². The largest absolute Gasteiger partial charge is 0.496 e. The van der Waals surface area contributed by atoms with Crippen molar-refractivity contribution in [2.24, 2.45) is 0 Å². The molecule has 0 amide bonds. The van der Waals surface area contributed by atoms with Crippen LogP contribution in [0.3, 0.4) is 0 Å². The van der Waals surface area contributed by atoms with Gasteiger partial charge in [-0.15, -0.1) is 0 Å². The number of benzene rings is 2. The van der Waals surface area contributed by atoms with Gasteiger partial charge in [0.05, 0.1) is 23.9 Å². The van der Waals surface area contributed by atoms with Gasteiger partial charge in [0, 0.05) is 10.9 Å². The fraction of sp³-hybridized carbons (Fsp3) is 0.176. The zero-order valence-electron chi connectivity index (χ0n) is 12.5. The molecule has 118 valence electrons. The van der Waals surface area contributed by atoms with Gasteiger partial charge in [0.25, 0.3) is 0 Å². The number of alkyl halides is 3. The van der Waals surface area contributed by atoms with Crippen LogP contribution in [0, 0.1) is 6.92 Å². The highest BCUT2D eigenvalue weighted by molar-refractivity contribution is 5.95. The van der Waals surface area contributed by atoms with Crippen LogP contribution in [-0.4, -0.2) is 17.1 Å². The monoisotopic (exact) mass is 318 g/mol. The smallest absolute Gasteiger partial charge is 0.418 e. The predicted octanol–water partition coefficient (Wildman–Crippen LogP) is 4.63. The number of ether oxygens (including phenoxy) is 1. The van der Waals surface area contributed by atoms with Crippen LogP contribution in [0.4, 0.5) is 13.2 Å². The average Bonchev–Trinajstić information content (AvgIpc) is 2.52. The fourth-order valence-corrected chi connectivity index (χ4v) is 2.54. The second-order valence-corrected chi connectivity index (χ2v) is 5.02. The minimum absolute atomic E-state index is 0.103. The molecule has 0 aliphatic rings. The maximum Gasteiger partial charge on any atom is 0.418 e. The zero-order valence-corrected chi connectivity index (χ0v) is 12.5. The molecule has 3 nitrogen and oxygen atoms in total. The summed E-state index contributed by atoms with van der Waals surface area (Å²) in [4.78, 5) is 8.36. The van der Waals surface area contributed by atoms with E-state index in [1.54, 1.807) is 37.3 Å². The molecular formula is C17H13F3N2O. The maximum absolute atomic E-state index is 13.2. The molecule has 0 spiro atoms. The van der Waals surface area contributed by atoms with Crippen molar-refractivity contribution >= 4 is 10.9 Å². The summed E-state index contributed by atoms with van der Waals surface area (Å²) in [5.74, 6) is 0.819. The van der Waals surface area contributed by atoms with Crippen molar-refractivity contribution in [1.29, 1.82) is 0 Å². The highest BCUT2D eigenvalue weighted by atomic mass is 19.4. The number of fused-ring (bicyclic) bond motifs is 1. The number of rotatable bonds is 2. The second-order valence-electron chi connectivity index (χ2n) is 5.02. The number of aromatic nitrogens is 2. The predicted molar refractivity (Wildman–Crippen MR) is 81.3 cm³/mol. The van der Waals surface area contributed by atoms with E-state index in [1.807, 2.05) is 0 Å². The molecule has 0 aliphatic carbocycles. The number of hydrogen-bond acceptors (Lipinski definition) is 3. The van der Waals surface area contributed by atoms with E-state index in [-0.39, 0.29) is 11.3 Å². The molecule has 0 saturated carbocycles. The van der Waals surface area contributed by atoms with Gasteiger partial charge in [0.15, 0.2) is 0 Å². The standard InChI is InChI=1S/C17H13F3N2O/c1-10-21-15(11-6-3-4-9-14(11)23-2)12-7-5-8-13(16(12)22-10)17(18,19)20/h3-9H,1-2H3. The molecule has 6 heteroatoms. The minimum atomic E-state index is -4.47. The lowest BCUT2D eigenvalue weighted by atomic mass is 10.0. The molecule has 3 aromatic rings. The summed E-state index contributed by atoms with van der Waals surface area (Å²) in [5.41, 5.74) is 0.186. The molecule has 0 unspecified atom stereocenters. The maximum atomic E-state index is 13.2. The topological polar surface area (TPSA) is 35.0 Å². The van der Waals surface area contributed by atoms with Gasteiger partial charge in [0.2, 0.25) is 0 Å². The third kappa shape index (κ3) is 2.72. The number of aryl methyl sites for hydroxylation is 1.